The third-order valence-corrected chi connectivity index (χ3v) is 7.31. The Bertz CT molecular complexity index is 1020. The molecule has 0 aliphatic carbocycles. The van der Waals surface area contributed by atoms with Crippen LogP contribution in [0.4, 0.5) is 5.69 Å². The summed E-state index contributed by atoms with van der Waals surface area (Å²) in [5.74, 6) is -0.160. The summed E-state index contributed by atoms with van der Waals surface area (Å²) in [6.45, 7) is 4.45. The first kappa shape index (κ1) is 21.6. The summed E-state index contributed by atoms with van der Waals surface area (Å²) in [6.07, 6.45) is 1.26. The molecule has 0 radical (unpaired) electrons. The van der Waals surface area contributed by atoms with Gasteiger partial charge in [-0.25, -0.2) is 8.42 Å². The highest BCUT2D eigenvalue weighted by atomic mass is 35.5. The van der Waals surface area contributed by atoms with Gasteiger partial charge in [-0.15, -0.1) is 0 Å². The Morgan fingerprint density at radius 1 is 1.21 bits per heavy atom. The van der Waals surface area contributed by atoms with Crippen LogP contribution in [0.25, 0.3) is 0 Å². The molecule has 1 fully saturated rings. The van der Waals surface area contributed by atoms with Crippen LogP contribution in [0.15, 0.2) is 41.3 Å². The van der Waals surface area contributed by atoms with Crippen LogP contribution in [0.3, 0.4) is 0 Å². The average Bonchev–Trinajstić information content (AvgIpc) is 2.70. The Kier molecular flexibility index (Phi) is 6.51. The highest BCUT2D eigenvalue weighted by molar-refractivity contribution is 7.89. The molecule has 0 bridgehead atoms. The standard InChI is InChI=1S/C21H25ClN2O4S/c1-14-6-8-19(15(2)11-14)23-21(25)16-5-4-10-24(13-16)29(26,27)17-7-9-20(28-3)18(22)12-17/h6-9,11-12,16H,4-5,10,13H2,1-3H3,(H,23,25)/t16-/m0/s1. The van der Waals surface area contributed by atoms with E-state index >= 15 is 0 Å². The summed E-state index contributed by atoms with van der Waals surface area (Å²) < 4.78 is 32.6. The first-order valence-corrected chi connectivity index (χ1v) is 11.3. The highest BCUT2D eigenvalue weighted by Gasteiger charge is 2.33. The number of hydrogen-bond acceptors (Lipinski definition) is 4. The van der Waals surface area contributed by atoms with Gasteiger partial charge in [-0.3, -0.25) is 4.79 Å². The first-order chi connectivity index (χ1) is 13.7. The van der Waals surface area contributed by atoms with E-state index in [1.54, 1.807) is 0 Å². The minimum atomic E-state index is -3.75. The number of hydrogen-bond donors (Lipinski definition) is 1. The van der Waals surface area contributed by atoms with Crippen LogP contribution >= 0.6 is 11.6 Å². The molecule has 1 heterocycles. The number of carbonyl (C=O) groups excluding carboxylic acids is 1. The number of ether oxygens (including phenoxy) is 1. The van der Waals surface area contributed by atoms with Crippen molar-refractivity contribution in [3.63, 3.8) is 0 Å². The maximum atomic E-state index is 13.1. The van der Waals surface area contributed by atoms with E-state index in [2.05, 4.69) is 5.32 Å². The smallest absolute Gasteiger partial charge is 0.243 e. The van der Waals surface area contributed by atoms with Gasteiger partial charge in [0.1, 0.15) is 5.75 Å². The number of benzene rings is 2. The van der Waals surface area contributed by atoms with Gasteiger partial charge in [-0.1, -0.05) is 29.3 Å². The molecule has 0 spiro atoms. The fourth-order valence-electron chi connectivity index (χ4n) is 3.52. The van der Waals surface area contributed by atoms with Crippen molar-refractivity contribution in [2.75, 3.05) is 25.5 Å². The van der Waals surface area contributed by atoms with Gasteiger partial charge >= 0.3 is 0 Å². The van der Waals surface area contributed by atoms with E-state index in [9.17, 15) is 13.2 Å². The zero-order valence-electron chi connectivity index (χ0n) is 16.7. The van der Waals surface area contributed by atoms with E-state index in [0.29, 0.717) is 25.1 Å². The van der Waals surface area contributed by atoms with Crippen molar-refractivity contribution in [3.8, 4) is 5.75 Å². The SMILES string of the molecule is COc1ccc(S(=O)(=O)N2CCC[C@H](C(=O)Nc3ccc(C)cc3C)C2)cc1Cl. The normalized spacial score (nSPS) is 17.7. The molecule has 1 saturated heterocycles. The van der Waals surface area contributed by atoms with Gasteiger partial charge < -0.3 is 10.1 Å². The predicted molar refractivity (Wildman–Crippen MR) is 114 cm³/mol. The van der Waals surface area contributed by atoms with Crippen molar-refractivity contribution in [3.05, 3.63) is 52.5 Å². The lowest BCUT2D eigenvalue weighted by Crippen LogP contribution is -2.43. The van der Waals surface area contributed by atoms with Crippen molar-refractivity contribution >= 4 is 33.2 Å². The minimum Gasteiger partial charge on any atom is -0.495 e. The molecule has 2 aromatic carbocycles. The topological polar surface area (TPSA) is 75.7 Å². The van der Waals surface area contributed by atoms with Gasteiger partial charge in [-0.05, 0) is 56.5 Å². The average molecular weight is 437 g/mol. The number of aryl methyl sites for hydroxylation is 2. The molecule has 0 saturated carbocycles. The fraction of sp³-hybridized carbons (Fsp3) is 0.381. The number of halogens is 1. The number of sulfonamides is 1. The monoisotopic (exact) mass is 436 g/mol. The number of nitrogens with one attached hydrogen (secondary N) is 1. The molecule has 2 aromatic rings. The largest absolute Gasteiger partial charge is 0.495 e. The second-order valence-corrected chi connectivity index (χ2v) is 9.65. The van der Waals surface area contributed by atoms with Gasteiger partial charge in [0.2, 0.25) is 15.9 Å². The van der Waals surface area contributed by atoms with Crippen LogP contribution in [0, 0.1) is 19.8 Å². The van der Waals surface area contributed by atoms with Crippen molar-refractivity contribution in [1.29, 1.82) is 0 Å². The third-order valence-electron chi connectivity index (χ3n) is 5.16. The molecular weight excluding hydrogens is 412 g/mol. The number of anilines is 1. The molecule has 0 aromatic heterocycles. The molecule has 1 N–H and O–H groups in total. The Morgan fingerprint density at radius 2 is 1.97 bits per heavy atom. The fourth-order valence-corrected chi connectivity index (χ4v) is 5.39. The Labute approximate surface area is 176 Å². The maximum Gasteiger partial charge on any atom is 0.243 e. The molecule has 1 aliphatic rings. The van der Waals surface area contributed by atoms with Gasteiger partial charge in [0.05, 0.1) is 22.9 Å². The second kappa shape index (κ2) is 8.73. The minimum absolute atomic E-state index is 0.0961. The lowest BCUT2D eigenvalue weighted by Gasteiger charge is -2.31. The molecule has 1 aliphatic heterocycles. The van der Waals surface area contributed by atoms with Crippen molar-refractivity contribution < 1.29 is 17.9 Å². The first-order valence-electron chi connectivity index (χ1n) is 9.44. The van der Waals surface area contributed by atoms with Gasteiger partial charge in [0.25, 0.3) is 0 Å². The van der Waals surface area contributed by atoms with E-state index in [4.69, 9.17) is 16.3 Å². The van der Waals surface area contributed by atoms with E-state index in [1.165, 1.54) is 29.6 Å². The zero-order valence-corrected chi connectivity index (χ0v) is 18.3. The molecule has 1 atom stereocenters. The van der Waals surface area contributed by atoms with E-state index in [0.717, 1.165) is 16.8 Å². The van der Waals surface area contributed by atoms with Crippen LogP contribution in [0.2, 0.25) is 5.02 Å². The number of amides is 1. The molecule has 6 nitrogen and oxygen atoms in total. The van der Waals surface area contributed by atoms with Crippen LogP contribution in [0.1, 0.15) is 24.0 Å². The van der Waals surface area contributed by atoms with Crippen LogP contribution < -0.4 is 10.1 Å². The Balaban J connectivity index is 1.75. The Hall–Kier alpha value is -2.09. The quantitative estimate of drug-likeness (QED) is 0.768. The van der Waals surface area contributed by atoms with E-state index < -0.39 is 15.9 Å². The van der Waals surface area contributed by atoms with E-state index in [1.807, 2.05) is 32.0 Å². The maximum absolute atomic E-state index is 13.1. The summed E-state index contributed by atoms with van der Waals surface area (Å²) >= 11 is 6.10. The van der Waals surface area contributed by atoms with E-state index in [-0.39, 0.29) is 22.4 Å². The Morgan fingerprint density at radius 3 is 2.62 bits per heavy atom. The molecule has 29 heavy (non-hydrogen) atoms. The lowest BCUT2D eigenvalue weighted by atomic mass is 9.98. The lowest BCUT2D eigenvalue weighted by molar-refractivity contribution is -0.120. The van der Waals surface area contributed by atoms with Crippen LogP contribution in [-0.2, 0) is 14.8 Å². The second-order valence-electron chi connectivity index (χ2n) is 7.31. The summed E-state index contributed by atoms with van der Waals surface area (Å²) in [5, 5.41) is 3.18. The number of methoxy groups -OCH3 is 1. The predicted octanol–water partition coefficient (Wildman–Crippen LogP) is 4.00. The number of piperidine rings is 1. The van der Waals surface area contributed by atoms with Gasteiger partial charge in [-0.2, -0.15) is 4.31 Å². The van der Waals surface area contributed by atoms with Crippen LogP contribution in [-0.4, -0.2) is 38.8 Å². The zero-order chi connectivity index (χ0) is 21.2. The van der Waals surface area contributed by atoms with Gasteiger partial charge in [0.15, 0.2) is 0 Å². The molecule has 0 unspecified atom stereocenters. The van der Waals surface area contributed by atoms with Crippen LogP contribution in [0.5, 0.6) is 5.75 Å². The summed E-state index contributed by atoms with van der Waals surface area (Å²) in [7, 11) is -2.28. The number of rotatable bonds is 5. The highest BCUT2D eigenvalue weighted by Crippen LogP contribution is 2.30. The number of nitrogens with zero attached hydrogens (tertiary/aromatic N) is 1. The van der Waals surface area contributed by atoms with Gasteiger partial charge in [0, 0.05) is 18.8 Å². The molecule has 1 amide bonds. The van der Waals surface area contributed by atoms with Crippen molar-refractivity contribution in [1.82, 2.24) is 4.31 Å². The summed E-state index contributed by atoms with van der Waals surface area (Å²) in [6, 6.07) is 10.2. The van der Waals surface area contributed by atoms with Crippen molar-refractivity contribution in [2.24, 2.45) is 5.92 Å². The molecule has 3 rings (SSSR count). The van der Waals surface area contributed by atoms with Crippen molar-refractivity contribution in [2.45, 2.75) is 31.6 Å². The molecule has 8 heteroatoms. The molecule has 156 valence electrons. The number of carbonyl (C=O) groups is 1. The summed E-state index contributed by atoms with van der Waals surface area (Å²) in [5.41, 5.74) is 2.85. The molecular formula is C21H25ClN2O4S. The summed E-state index contributed by atoms with van der Waals surface area (Å²) in [4.78, 5) is 12.9. The third kappa shape index (κ3) is 4.74.